The van der Waals surface area contributed by atoms with E-state index in [9.17, 15) is 0 Å². The molecule has 1 heterocycles. The Bertz CT molecular complexity index is 832. The van der Waals surface area contributed by atoms with Crippen molar-refractivity contribution >= 4 is 17.7 Å². The lowest BCUT2D eigenvalue weighted by molar-refractivity contribution is 0.0342. The summed E-state index contributed by atoms with van der Waals surface area (Å²) in [7, 11) is 1.84. The molecule has 1 saturated carbocycles. The predicted molar refractivity (Wildman–Crippen MR) is 125 cm³/mol. The van der Waals surface area contributed by atoms with E-state index in [1.807, 2.05) is 18.8 Å². The highest BCUT2D eigenvalue weighted by Crippen LogP contribution is 2.51. The fourth-order valence-corrected chi connectivity index (χ4v) is 4.94. The Kier molecular flexibility index (Phi) is 7.31. The molecule has 4 rings (SSSR count). The van der Waals surface area contributed by atoms with Crippen LogP contribution >= 0.6 is 11.8 Å². The second kappa shape index (κ2) is 10.3. The number of nitrogens with zero attached hydrogens (tertiary/aromatic N) is 2. The number of guanidine groups is 1. The maximum absolute atomic E-state index is 5.45. The van der Waals surface area contributed by atoms with Gasteiger partial charge in [-0.2, -0.15) is 0 Å². The van der Waals surface area contributed by atoms with E-state index in [0.717, 1.165) is 51.9 Å². The first-order valence-electron chi connectivity index (χ1n) is 10.8. The van der Waals surface area contributed by atoms with Crippen LogP contribution in [0.4, 0.5) is 0 Å². The molecule has 1 aliphatic heterocycles. The first-order valence-corrected chi connectivity index (χ1v) is 11.6. The van der Waals surface area contributed by atoms with Gasteiger partial charge in [0.1, 0.15) is 0 Å². The number of hydrogen-bond acceptors (Lipinski definition) is 4. The number of thioether (sulfide) groups is 1. The Morgan fingerprint density at radius 2 is 1.80 bits per heavy atom. The lowest BCUT2D eigenvalue weighted by Crippen LogP contribution is -2.40. The lowest BCUT2D eigenvalue weighted by Gasteiger charge is -2.26. The first kappa shape index (κ1) is 21.2. The van der Waals surface area contributed by atoms with E-state index in [-0.39, 0.29) is 0 Å². The van der Waals surface area contributed by atoms with Crippen LogP contribution in [0.3, 0.4) is 0 Å². The summed E-state index contributed by atoms with van der Waals surface area (Å²) in [5, 5.41) is 7.02. The van der Waals surface area contributed by atoms with Gasteiger partial charge in [0.25, 0.3) is 0 Å². The first-order chi connectivity index (χ1) is 14.7. The van der Waals surface area contributed by atoms with Gasteiger partial charge in [-0.05, 0) is 36.1 Å². The molecular weight excluding hydrogens is 392 g/mol. The minimum atomic E-state index is 0.303. The normalized spacial score (nSPS) is 18.8. The number of ether oxygens (including phenoxy) is 1. The van der Waals surface area contributed by atoms with E-state index < -0.39 is 0 Å². The van der Waals surface area contributed by atoms with Crippen LogP contribution in [0.15, 0.2) is 64.5 Å². The molecule has 2 N–H and O–H groups in total. The average molecular weight is 425 g/mol. The molecule has 2 fully saturated rings. The van der Waals surface area contributed by atoms with E-state index in [1.165, 1.54) is 28.9 Å². The van der Waals surface area contributed by atoms with Gasteiger partial charge in [0.2, 0.25) is 0 Å². The zero-order valence-corrected chi connectivity index (χ0v) is 18.6. The molecule has 1 saturated heterocycles. The van der Waals surface area contributed by atoms with Crippen molar-refractivity contribution in [3.8, 4) is 0 Å². The Balaban J connectivity index is 1.25. The molecule has 1 aliphatic carbocycles. The topological polar surface area (TPSA) is 48.9 Å². The highest BCUT2D eigenvalue weighted by Gasteiger charge is 2.43. The number of aliphatic imine (C=N–C) groups is 1. The zero-order chi connectivity index (χ0) is 20.7. The molecule has 0 amide bonds. The van der Waals surface area contributed by atoms with E-state index in [4.69, 9.17) is 4.74 Å². The number of hydrogen-bond donors (Lipinski definition) is 2. The third kappa shape index (κ3) is 6.24. The van der Waals surface area contributed by atoms with Crippen molar-refractivity contribution in [2.45, 2.75) is 35.6 Å². The molecule has 160 valence electrons. The van der Waals surface area contributed by atoms with Crippen LogP contribution in [0.5, 0.6) is 0 Å². The standard InChI is InChI=1S/C24H32N4OS/c1-25-23(27-19-24(10-11-24)30-22-8-3-2-4-9-22)26-17-20-6-5-7-21(16-20)18-28-12-14-29-15-13-28/h2-9,16H,10-15,17-19H2,1H3,(H2,25,26,27). The Labute approximate surface area is 184 Å². The summed E-state index contributed by atoms with van der Waals surface area (Å²) in [6.45, 7) is 6.41. The van der Waals surface area contributed by atoms with Gasteiger partial charge in [0.05, 0.1) is 13.2 Å². The number of benzene rings is 2. The summed E-state index contributed by atoms with van der Waals surface area (Å²) in [6.07, 6.45) is 2.50. The van der Waals surface area contributed by atoms with Crippen molar-refractivity contribution in [2.75, 3.05) is 39.9 Å². The minimum absolute atomic E-state index is 0.303. The van der Waals surface area contributed by atoms with Crippen molar-refractivity contribution in [1.29, 1.82) is 0 Å². The Morgan fingerprint density at radius 3 is 2.53 bits per heavy atom. The maximum atomic E-state index is 5.45. The van der Waals surface area contributed by atoms with Crippen molar-refractivity contribution in [1.82, 2.24) is 15.5 Å². The van der Waals surface area contributed by atoms with Gasteiger partial charge in [-0.15, -0.1) is 11.8 Å². The van der Waals surface area contributed by atoms with Crippen molar-refractivity contribution in [2.24, 2.45) is 4.99 Å². The molecule has 2 aromatic carbocycles. The molecule has 2 aromatic rings. The van der Waals surface area contributed by atoms with Gasteiger partial charge >= 0.3 is 0 Å². The summed E-state index contributed by atoms with van der Waals surface area (Å²) in [4.78, 5) is 8.22. The van der Waals surface area contributed by atoms with Crippen molar-refractivity contribution in [3.05, 3.63) is 65.7 Å². The minimum Gasteiger partial charge on any atom is -0.379 e. The quantitative estimate of drug-likeness (QED) is 0.502. The molecule has 0 aromatic heterocycles. The molecule has 0 atom stereocenters. The van der Waals surface area contributed by atoms with E-state index >= 15 is 0 Å². The smallest absolute Gasteiger partial charge is 0.191 e. The van der Waals surface area contributed by atoms with Gasteiger partial charge in [0.15, 0.2) is 5.96 Å². The van der Waals surface area contributed by atoms with Crippen LogP contribution in [-0.2, 0) is 17.8 Å². The summed E-state index contributed by atoms with van der Waals surface area (Å²) >= 11 is 1.98. The maximum Gasteiger partial charge on any atom is 0.191 e. The molecular formula is C24H32N4OS. The predicted octanol–water partition coefficient (Wildman–Crippen LogP) is 3.51. The van der Waals surface area contributed by atoms with Crippen LogP contribution in [0.25, 0.3) is 0 Å². The van der Waals surface area contributed by atoms with Gasteiger partial charge in [0, 0.05) is 49.4 Å². The van der Waals surface area contributed by atoms with Gasteiger partial charge < -0.3 is 15.4 Å². The molecule has 0 unspecified atom stereocenters. The molecule has 0 bridgehead atoms. The SMILES string of the molecule is CN=C(NCc1cccc(CN2CCOCC2)c1)NCC1(Sc2ccccc2)CC1. The molecule has 6 heteroatoms. The fourth-order valence-electron chi connectivity index (χ4n) is 3.70. The van der Waals surface area contributed by atoms with Gasteiger partial charge in [-0.3, -0.25) is 9.89 Å². The van der Waals surface area contributed by atoms with Crippen molar-refractivity contribution in [3.63, 3.8) is 0 Å². The number of morpholine rings is 1. The van der Waals surface area contributed by atoms with Crippen molar-refractivity contribution < 1.29 is 4.74 Å². The lowest BCUT2D eigenvalue weighted by atomic mass is 10.1. The monoisotopic (exact) mass is 424 g/mol. The second-order valence-electron chi connectivity index (χ2n) is 8.09. The fraction of sp³-hybridized carbons (Fsp3) is 0.458. The molecule has 5 nitrogen and oxygen atoms in total. The summed E-state index contributed by atoms with van der Waals surface area (Å²) < 4.78 is 5.75. The van der Waals surface area contributed by atoms with Crippen LogP contribution < -0.4 is 10.6 Å². The van der Waals surface area contributed by atoms with E-state index in [0.29, 0.717) is 4.75 Å². The summed E-state index contributed by atoms with van der Waals surface area (Å²) in [6, 6.07) is 19.5. The molecule has 30 heavy (non-hydrogen) atoms. The summed E-state index contributed by atoms with van der Waals surface area (Å²) in [5.41, 5.74) is 2.64. The van der Waals surface area contributed by atoms with Crippen LogP contribution in [0.1, 0.15) is 24.0 Å². The van der Waals surface area contributed by atoms with Gasteiger partial charge in [-0.1, -0.05) is 42.5 Å². The van der Waals surface area contributed by atoms with Crippen LogP contribution in [0.2, 0.25) is 0 Å². The largest absolute Gasteiger partial charge is 0.379 e. The highest BCUT2D eigenvalue weighted by atomic mass is 32.2. The van der Waals surface area contributed by atoms with E-state index in [2.05, 4.69) is 75.1 Å². The highest BCUT2D eigenvalue weighted by molar-refractivity contribution is 8.01. The third-order valence-corrected chi connectivity index (χ3v) is 7.14. The van der Waals surface area contributed by atoms with Gasteiger partial charge in [-0.25, -0.2) is 0 Å². The Hall–Kier alpha value is -2.02. The van der Waals surface area contributed by atoms with E-state index in [1.54, 1.807) is 0 Å². The average Bonchev–Trinajstić information content (AvgIpc) is 3.55. The zero-order valence-electron chi connectivity index (χ0n) is 17.8. The second-order valence-corrected chi connectivity index (χ2v) is 9.63. The number of rotatable bonds is 8. The summed E-state index contributed by atoms with van der Waals surface area (Å²) in [5.74, 6) is 0.869. The molecule has 0 spiro atoms. The Morgan fingerprint density at radius 1 is 1.03 bits per heavy atom. The molecule has 0 radical (unpaired) electrons. The molecule has 2 aliphatic rings. The number of nitrogens with one attached hydrogen (secondary N) is 2. The third-order valence-electron chi connectivity index (χ3n) is 5.65. The van der Waals surface area contributed by atoms with Crippen LogP contribution in [0, 0.1) is 0 Å². The van der Waals surface area contributed by atoms with Crippen LogP contribution in [-0.4, -0.2) is 55.5 Å².